The number of fused-ring (bicyclic) bond motifs is 1. The van der Waals surface area contributed by atoms with E-state index in [0.717, 1.165) is 11.1 Å². The Bertz CT molecular complexity index is 1460. The van der Waals surface area contributed by atoms with Gasteiger partial charge in [-0.1, -0.05) is 53.5 Å². The third-order valence-electron chi connectivity index (χ3n) is 6.03. The lowest BCUT2D eigenvalue weighted by molar-refractivity contribution is -0.113. The van der Waals surface area contributed by atoms with Crippen LogP contribution in [-0.2, 0) is 11.4 Å². The van der Waals surface area contributed by atoms with E-state index in [4.69, 9.17) is 32.7 Å². The van der Waals surface area contributed by atoms with Crippen LogP contribution in [0.5, 0.6) is 11.5 Å². The van der Waals surface area contributed by atoms with E-state index in [1.807, 2.05) is 43.3 Å². The summed E-state index contributed by atoms with van der Waals surface area (Å²) in [6.07, 6.45) is 1.45. The van der Waals surface area contributed by atoms with Crippen LogP contribution >= 0.6 is 23.2 Å². The van der Waals surface area contributed by atoms with Crippen LogP contribution in [0.4, 0.5) is 11.6 Å². The number of nitrogens with one attached hydrogen (secondary N) is 2. The minimum Gasteiger partial charge on any atom is -0.495 e. The van der Waals surface area contributed by atoms with Crippen LogP contribution in [0.25, 0.3) is 0 Å². The van der Waals surface area contributed by atoms with Crippen LogP contribution in [-0.4, -0.2) is 27.8 Å². The molecule has 188 valence electrons. The number of hydrogen-bond donors (Lipinski definition) is 2. The first-order chi connectivity index (χ1) is 18.0. The van der Waals surface area contributed by atoms with Crippen molar-refractivity contribution in [1.29, 1.82) is 0 Å². The van der Waals surface area contributed by atoms with Gasteiger partial charge in [0.05, 0.1) is 18.4 Å². The first kappa shape index (κ1) is 24.7. The monoisotopic (exact) mass is 535 g/mol. The lowest BCUT2D eigenvalue weighted by Crippen LogP contribution is -2.31. The number of hydrogen-bond acceptors (Lipinski definition) is 6. The first-order valence-electron chi connectivity index (χ1n) is 11.4. The van der Waals surface area contributed by atoms with E-state index in [1.165, 1.54) is 6.33 Å². The van der Waals surface area contributed by atoms with Crippen molar-refractivity contribution in [3.8, 4) is 11.5 Å². The standard InChI is InChI=1S/C27H23Cl2N5O3/c1-16-24(26(35)33-22-8-3-4-9-23(22)36-2)25(34-27(32-16)30-15-31-34)17-10-12-18(13-11-17)37-14-19-20(28)6-5-7-21(19)29/h3-13,15,25H,14H2,1-2H3,(H,33,35)(H,30,31,32)/t25-/m1/s1. The number of anilines is 2. The van der Waals surface area contributed by atoms with Gasteiger partial charge in [0, 0.05) is 21.3 Å². The summed E-state index contributed by atoms with van der Waals surface area (Å²) in [7, 11) is 1.56. The summed E-state index contributed by atoms with van der Waals surface area (Å²) >= 11 is 12.5. The summed E-state index contributed by atoms with van der Waals surface area (Å²) in [4.78, 5) is 17.9. The second-order valence-electron chi connectivity index (χ2n) is 8.31. The molecule has 0 bridgehead atoms. The molecule has 8 nitrogen and oxygen atoms in total. The molecule has 37 heavy (non-hydrogen) atoms. The summed E-state index contributed by atoms with van der Waals surface area (Å²) in [6.45, 7) is 2.07. The Kier molecular flexibility index (Phi) is 7.03. The molecule has 0 unspecified atom stereocenters. The van der Waals surface area contributed by atoms with Crippen molar-refractivity contribution >= 4 is 40.7 Å². The predicted octanol–water partition coefficient (Wildman–Crippen LogP) is 6.10. The highest BCUT2D eigenvalue weighted by Crippen LogP contribution is 2.36. The third kappa shape index (κ3) is 4.98. The van der Waals surface area contributed by atoms with Gasteiger partial charge in [-0.05, 0) is 48.9 Å². The van der Waals surface area contributed by atoms with E-state index in [2.05, 4.69) is 20.7 Å². The van der Waals surface area contributed by atoms with Crippen LogP contribution in [0.15, 0.2) is 84.3 Å². The van der Waals surface area contributed by atoms with Crippen LogP contribution in [0.3, 0.4) is 0 Å². The SMILES string of the molecule is COc1ccccc1NC(=O)C1=C(C)Nc2ncnn2[C@@H]1c1ccc(OCc2c(Cl)cccc2Cl)cc1. The van der Waals surface area contributed by atoms with Gasteiger partial charge in [-0.25, -0.2) is 4.68 Å². The summed E-state index contributed by atoms with van der Waals surface area (Å²) in [5.41, 5.74) is 3.29. The second-order valence-corrected chi connectivity index (χ2v) is 9.12. The maximum atomic E-state index is 13.6. The number of carbonyl (C=O) groups excluding carboxylic acids is 1. The van der Waals surface area contributed by atoms with Crippen molar-refractivity contribution < 1.29 is 14.3 Å². The van der Waals surface area contributed by atoms with Crippen molar-refractivity contribution in [3.63, 3.8) is 0 Å². The minimum absolute atomic E-state index is 0.226. The number of carbonyl (C=O) groups is 1. The van der Waals surface area contributed by atoms with Gasteiger partial charge in [-0.2, -0.15) is 10.1 Å². The molecular weight excluding hydrogens is 513 g/mol. The molecule has 2 heterocycles. The molecule has 2 N–H and O–H groups in total. The van der Waals surface area contributed by atoms with Gasteiger partial charge in [0.25, 0.3) is 5.91 Å². The topological polar surface area (TPSA) is 90.3 Å². The van der Waals surface area contributed by atoms with Gasteiger partial charge in [0.2, 0.25) is 5.95 Å². The van der Waals surface area contributed by atoms with E-state index >= 15 is 0 Å². The second kappa shape index (κ2) is 10.5. The van der Waals surface area contributed by atoms with E-state index in [1.54, 1.807) is 42.1 Å². The average Bonchev–Trinajstić information content (AvgIpc) is 3.36. The fourth-order valence-corrected chi connectivity index (χ4v) is 4.71. The van der Waals surface area contributed by atoms with Gasteiger partial charge in [0.1, 0.15) is 30.5 Å². The Morgan fingerprint density at radius 2 is 1.78 bits per heavy atom. The highest BCUT2D eigenvalue weighted by molar-refractivity contribution is 6.35. The molecule has 1 aliphatic heterocycles. The third-order valence-corrected chi connectivity index (χ3v) is 6.74. The van der Waals surface area contributed by atoms with Crippen LogP contribution in [0, 0.1) is 0 Å². The van der Waals surface area contributed by atoms with Gasteiger partial charge in [0.15, 0.2) is 0 Å². The number of rotatable bonds is 7. The van der Waals surface area contributed by atoms with E-state index < -0.39 is 6.04 Å². The van der Waals surface area contributed by atoms with Gasteiger partial charge in [-0.3, -0.25) is 4.79 Å². The number of aromatic nitrogens is 3. The zero-order chi connectivity index (χ0) is 25.9. The molecule has 0 saturated carbocycles. The largest absolute Gasteiger partial charge is 0.495 e. The number of methoxy groups -OCH3 is 1. The van der Waals surface area contributed by atoms with Gasteiger partial charge in [-0.15, -0.1) is 0 Å². The number of para-hydroxylation sites is 2. The fourth-order valence-electron chi connectivity index (χ4n) is 4.20. The van der Waals surface area contributed by atoms with E-state index in [0.29, 0.717) is 44.5 Å². The van der Waals surface area contributed by atoms with Crippen LogP contribution < -0.4 is 20.1 Å². The molecule has 1 aromatic heterocycles. The highest BCUT2D eigenvalue weighted by Gasteiger charge is 2.33. The lowest BCUT2D eigenvalue weighted by atomic mass is 9.95. The Hall–Kier alpha value is -4.01. The zero-order valence-electron chi connectivity index (χ0n) is 20.0. The molecule has 5 rings (SSSR count). The Morgan fingerprint density at radius 1 is 1.05 bits per heavy atom. The van der Waals surface area contributed by atoms with Crippen molar-refractivity contribution in [2.24, 2.45) is 0 Å². The highest BCUT2D eigenvalue weighted by atomic mass is 35.5. The molecule has 1 amide bonds. The predicted molar refractivity (Wildman–Crippen MR) is 143 cm³/mol. The maximum Gasteiger partial charge on any atom is 0.255 e. The van der Waals surface area contributed by atoms with E-state index in [-0.39, 0.29) is 12.5 Å². The number of benzene rings is 3. The van der Waals surface area contributed by atoms with E-state index in [9.17, 15) is 4.79 Å². The van der Waals surface area contributed by atoms with Crippen molar-refractivity contribution in [1.82, 2.24) is 14.8 Å². The summed E-state index contributed by atoms with van der Waals surface area (Å²) < 4.78 is 13.0. The smallest absolute Gasteiger partial charge is 0.255 e. The average molecular weight is 536 g/mol. The maximum absolute atomic E-state index is 13.6. The Balaban J connectivity index is 1.43. The Morgan fingerprint density at radius 3 is 2.51 bits per heavy atom. The summed E-state index contributed by atoms with van der Waals surface area (Å²) in [5.74, 6) is 1.46. The molecule has 4 aromatic rings. The number of allylic oxidation sites excluding steroid dienone is 1. The normalized spacial score (nSPS) is 14.5. The molecular formula is C27H23Cl2N5O3. The molecule has 0 fully saturated rings. The molecule has 0 spiro atoms. The molecule has 0 aliphatic carbocycles. The number of amides is 1. The zero-order valence-corrected chi connectivity index (χ0v) is 21.5. The Labute approximate surface area is 223 Å². The molecule has 10 heteroatoms. The van der Waals surface area contributed by atoms with Crippen LogP contribution in [0.2, 0.25) is 10.0 Å². The first-order valence-corrected chi connectivity index (χ1v) is 12.2. The molecule has 3 aromatic carbocycles. The molecule has 0 radical (unpaired) electrons. The van der Waals surface area contributed by atoms with Crippen molar-refractivity contribution in [3.05, 3.63) is 105 Å². The molecule has 1 aliphatic rings. The van der Waals surface area contributed by atoms with Gasteiger partial charge >= 0.3 is 0 Å². The summed E-state index contributed by atoms with van der Waals surface area (Å²) in [6, 6.07) is 19.5. The van der Waals surface area contributed by atoms with Crippen LogP contribution in [0.1, 0.15) is 24.1 Å². The van der Waals surface area contributed by atoms with Crippen molar-refractivity contribution in [2.45, 2.75) is 19.6 Å². The molecule has 0 saturated heterocycles. The number of nitrogens with zero attached hydrogens (tertiary/aromatic N) is 3. The molecule has 1 atom stereocenters. The lowest BCUT2D eigenvalue weighted by Gasteiger charge is -2.29. The quantitative estimate of drug-likeness (QED) is 0.297. The van der Waals surface area contributed by atoms with Gasteiger partial charge < -0.3 is 20.1 Å². The van der Waals surface area contributed by atoms with Crippen molar-refractivity contribution in [2.75, 3.05) is 17.7 Å². The minimum atomic E-state index is -0.513. The fraction of sp³-hybridized carbons (Fsp3) is 0.148. The number of halogens is 2. The number of ether oxygens (including phenoxy) is 2. The summed E-state index contributed by atoms with van der Waals surface area (Å²) in [5, 5.41) is 11.6.